The van der Waals surface area contributed by atoms with E-state index in [1.165, 1.54) is 16.7 Å². The standard InChI is InChI=1S/C10H12N2/c1-7-3-4-9-8(5-7)6-12-10(9)11-2/h3-5H,6H2,1-2H3,(H,11,12). The molecular formula is C10H12N2. The monoisotopic (exact) mass is 160 g/mol. The molecule has 2 nitrogen and oxygen atoms in total. The number of rotatable bonds is 0. The summed E-state index contributed by atoms with van der Waals surface area (Å²) in [7, 11) is 1.91. The van der Waals surface area contributed by atoms with Crippen LogP contribution in [0.15, 0.2) is 23.2 Å². The molecule has 0 spiro atoms. The minimum Gasteiger partial charge on any atom is -0.373 e. The van der Waals surface area contributed by atoms with Crippen molar-refractivity contribution < 1.29 is 0 Å². The zero-order chi connectivity index (χ0) is 8.55. The molecule has 0 atom stereocenters. The molecular weight excluding hydrogens is 148 g/mol. The topological polar surface area (TPSA) is 24.4 Å². The molecule has 0 unspecified atom stereocenters. The third-order valence-electron chi connectivity index (χ3n) is 2.16. The van der Waals surface area contributed by atoms with Gasteiger partial charge in [-0.3, -0.25) is 4.99 Å². The lowest BCUT2D eigenvalue weighted by Gasteiger charge is -2.02. The predicted octanol–water partition coefficient (Wildman–Crippen LogP) is 1.47. The van der Waals surface area contributed by atoms with E-state index in [9.17, 15) is 0 Å². The quantitative estimate of drug-likeness (QED) is 0.610. The van der Waals surface area contributed by atoms with Crippen LogP contribution in [0.4, 0.5) is 0 Å². The van der Waals surface area contributed by atoms with Crippen LogP contribution in [-0.4, -0.2) is 12.9 Å². The van der Waals surface area contributed by atoms with E-state index in [1.807, 2.05) is 7.05 Å². The highest BCUT2D eigenvalue weighted by molar-refractivity contribution is 6.01. The van der Waals surface area contributed by atoms with Crippen molar-refractivity contribution >= 4 is 5.84 Å². The summed E-state index contributed by atoms with van der Waals surface area (Å²) in [5.74, 6) is 1.02. The van der Waals surface area contributed by atoms with Gasteiger partial charge in [-0.2, -0.15) is 0 Å². The van der Waals surface area contributed by atoms with Gasteiger partial charge in [-0.05, 0) is 12.5 Å². The van der Waals surface area contributed by atoms with E-state index in [0.717, 1.165) is 12.4 Å². The molecule has 1 N–H and O–H groups in total. The Bertz CT molecular complexity index is 340. The summed E-state index contributed by atoms with van der Waals surface area (Å²) in [5, 5.41) is 3.09. The summed E-state index contributed by atoms with van der Waals surface area (Å²) in [4.78, 5) is 4.37. The van der Waals surface area contributed by atoms with Gasteiger partial charge in [0.05, 0.1) is 6.54 Å². The first-order valence-corrected chi connectivity index (χ1v) is 4.13. The fraction of sp³-hybridized carbons (Fsp3) is 0.300. The Morgan fingerprint density at radius 3 is 3.00 bits per heavy atom. The number of aryl methyl sites for hydroxylation is 1. The van der Waals surface area contributed by atoms with Crippen molar-refractivity contribution in [2.24, 2.45) is 4.99 Å². The Kier molecular flexibility index (Phi) is 1.61. The van der Waals surface area contributed by atoms with Crippen molar-refractivity contribution in [3.05, 3.63) is 34.9 Å². The first kappa shape index (κ1) is 7.35. The van der Waals surface area contributed by atoms with E-state index < -0.39 is 0 Å². The molecule has 0 radical (unpaired) electrons. The molecule has 12 heavy (non-hydrogen) atoms. The van der Waals surface area contributed by atoms with E-state index in [2.05, 4.69) is 35.4 Å². The molecule has 1 aliphatic rings. The van der Waals surface area contributed by atoms with Gasteiger partial charge in [0.25, 0.3) is 0 Å². The van der Waals surface area contributed by atoms with Gasteiger partial charge in [0.1, 0.15) is 5.84 Å². The molecule has 0 bridgehead atoms. The summed E-state index contributed by atoms with van der Waals surface area (Å²) in [6.07, 6.45) is 0. The fourth-order valence-electron chi connectivity index (χ4n) is 1.55. The second-order valence-electron chi connectivity index (χ2n) is 3.08. The molecule has 62 valence electrons. The Labute approximate surface area is 72.3 Å². The van der Waals surface area contributed by atoms with Crippen LogP contribution in [0, 0.1) is 6.92 Å². The number of nitrogens with zero attached hydrogens (tertiary/aromatic N) is 1. The van der Waals surface area contributed by atoms with Gasteiger partial charge < -0.3 is 5.32 Å². The highest BCUT2D eigenvalue weighted by Gasteiger charge is 2.13. The molecule has 1 aromatic rings. The van der Waals surface area contributed by atoms with Crippen molar-refractivity contribution in [1.82, 2.24) is 5.32 Å². The van der Waals surface area contributed by atoms with Crippen molar-refractivity contribution in [2.45, 2.75) is 13.5 Å². The molecule has 1 aromatic carbocycles. The van der Waals surface area contributed by atoms with Crippen LogP contribution in [0.3, 0.4) is 0 Å². The maximum atomic E-state index is 4.37. The van der Waals surface area contributed by atoms with E-state index in [1.54, 1.807) is 0 Å². The van der Waals surface area contributed by atoms with Crippen LogP contribution in [0.5, 0.6) is 0 Å². The van der Waals surface area contributed by atoms with Gasteiger partial charge in [-0.15, -0.1) is 0 Å². The van der Waals surface area contributed by atoms with E-state index in [0.29, 0.717) is 0 Å². The van der Waals surface area contributed by atoms with Crippen molar-refractivity contribution in [3.63, 3.8) is 0 Å². The number of aliphatic imine (C=N–C) groups is 1. The average molecular weight is 160 g/mol. The Hall–Kier alpha value is -1.31. The van der Waals surface area contributed by atoms with Crippen LogP contribution in [0.2, 0.25) is 0 Å². The van der Waals surface area contributed by atoms with Crippen LogP contribution in [-0.2, 0) is 6.54 Å². The van der Waals surface area contributed by atoms with E-state index >= 15 is 0 Å². The molecule has 2 heteroatoms. The minimum atomic E-state index is 0.827. The second kappa shape index (κ2) is 2.63. The lowest BCUT2D eigenvalue weighted by Crippen LogP contribution is -2.17. The third kappa shape index (κ3) is 0.998. The highest BCUT2D eigenvalue weighted by atomic mass is 15.0. The lowest BCUT2D eigenvalue weighted by molar-refractivity contribution is 1.08. The SMILES string of the molecule is CNC1=NCc2cc(C)ccc21. The van der Waals surface area contributed by atoms with Gasteiger partial charge in [0, 0.05) is 12.6 Å². The normalized spacial score (nSPS) is 14.0. The van der Waals surface area contributed by atoms with Crippen LogP contribution >= 0.6 is 0 Å². The number of benzene rings is 1. The van der Waals surface area contributed by atoms with Crippen LogP contribution < -0.4 is 5.32 Å². The van der Waals surface area contributed by atoms with Crippen LogP contribution in [0.1, 0.15) is 16.7 Å². The summed E-state index contributed by atoms with van der Waals surface area (Å²) in [5.41, 5.74) is 3.89. The summed E-state index contributed by atoms with van der Waals surface area (Å²) in [6.45, 7) is 2.94. The molecule has 1 heterocycles. The van der Waals surface area contributed by atoms with Gasteiger partial charge >= 0.3 is 0 Å². The summed E-state index contributed by atoms with van der Waals surface area (Å²) < 4.78 is 0. The van der Waals surface area contributed by atoms with Gasteiger partial charge in [0.2, 0.25) is 0 Å². The third-order valence-corrected chi connectivity index (χ3v) is 2.16. The molecule has 0 fully saturated rings. The summed E-state index contributed by atoms with van der Waals surface area (Å²) in [6, 6.07) is 6.45. The average Bonchev–Trinajstić information content (AvgIpc) is 2.46. The number of hydrogen-bond donors (Lipinski definition) is 1. The van der Waals surface area contributed by atoms with Crippen molar-refractivity contribution in [1.29, 1.82) is 0 Å². The maximum Gasteiger partial charge on any atom is 0.128 e. The molecule has 0 saturated carbocycles. The zero-order valence-electron chi connectivity index (χ0n) is 7.39. The first-order chi connectivity index (χ1) is 5.81. The van der Waals surface area contributed by atoms with Crippen molar-refractivity contribution in [3.8, 4) is 0 Å². The largest absolute Gasteiger partial charge is 0.373 e. The van der Waals surface area contributed by atoms with E-state index in [-0.39, 0.29) is 0 Å². The van der Waals surface area contributed by atoms with Crippen molar-refractivity contribution in [2.75, 3.05) is 7.05 Å². The molecule has 0 aromatic heterocycles. The molecule has 1 aliphatic heterocycles. The van der Waals surface area contributed by atoms with Gasteiger partial charge in [-0.1, -0.05) is 23.8 Å². The molecule has 0 aliphatic carbocycles. The first-order valence-electron chi connectivity index (χ1n) is 4.13. The Morgan fingerprint density at radius 2 is 2.25 bits per heavy atom. The lowest BCUT2D eigenvalue weighted by atomic mass is 10.1. The smallest absolute Gasteiger partial charge is 0.128 e. The number of hydrogen-bond acceptors (Lipinski definition) is 2. The number of amidine groups is 1. The van der Waals surface area contributed by atoms with Crippen LogP contribution in [0.25, 0.3) is 0 Å². The Morgan fingerprint density at radius 1 is 1.42 bits per heavy atom. The molecule has 2 rings (SSSR count). The molecule has 0 amide bonds. The number of nitrogens with one attached hydrogen (secondary N) is 1. The fourth-order valence-corrected chi connectivity index (χ4v) is 1.55. The summed E-state index contributed by atoms with van der Waals surface area (Å²) >= 11 is 0. The highest BCUT2D eigenvalue weighted by Crippen LogP contribution is 2.18. The number of fused-ring (bicyclic) bond motifs is 1. The van der Waals surface area contributed by atoms with Gasteiger partial charge in [-0.25, -0.2) is 0 Å². The molecule has 0 saturated heterocycles. The predicted molar refractivity (Wildman–Crippen MR) is 50.5 cm³/mol. The minimum absolute atomic E-state index is 0.827. The van der Waals surface area contributed by atoms with Gasteiger partial charge in [0.15, 0.2) is 0 Å². The maximum absolute atomic E-state index is 4.37. The zero-order valence-corrected chi connectivity index (χ0v) is 7.39. The Balaban J connectivity index is 2.47. The second-order valence-corrected chi connectivity index (χ2v) is 3.08. The van der Waals surface area contributed by atoms with E-state index in [4.69, 9.17) is 0 Å².